The van der Waals surface area contributed by atoms with Crippen LogP contribution in [0.3, 0.4) is 0 Å². The molecule has 0 saturated heterocycles. The fraction of sp³-hybridized carbons (Fsp3) is 0.593. The molecule has 3 nitrogen and oxygen atoms in total. The highest BCUT2D eigenvalue weighted by atomic mass is 32.2. The maximum Gasteiger partial charge on any atom is 0.325 e. The molecule has 0 aliphatic heterocycles. The Bertz CT molecular complexity index is 786. The second kappa shape index (κ2) is 16.8. The van der Waals surface area contributed by atoms with Gasteiger partial charge in [-0.3, -0.25) is 4.85 Å². The average Bonchev–Trinajstić information content (AvgIpc) is 2.76. The smallest absolute Gasteiger partial charge is 0.296 e. The highest BCUT2D eigenvalue weighted by Crippen LogP contribution is 2.22. The summed E-state index contributed by atoms with van der Waals surface area (Å²) in [5.41, 5.74) is 1.02. The zero-order chi connectivity index (χ0) is 22.8. The third-order valence-corrected chi connectivity index (χ3v) is 7.49. The number of allylic oxidation sites excluding steroid dienone is 4. The van der Waals surface area contributed by atoms with Crippen molar-refractivity contribution in [3.63, 3.8) is 0 Å². The van der Waals surface area contributed by atoms with Gasteiger partial charge >= 0.3 is 5.37 Å². The van der Waals surface area contributed by atoms with Crippen LogP contribution >= 0.6 is 0 Å². The van der Waals surface area contributed by atoms with Crippen molar-refractivity contribution in [3.8, 4) is 0 Å². The molecule has 0 heterocycles. The van der Waals surface area contributed by atoms with Crippen LogP contribution in [0.25, 0.3) is 4.85 Å². The predicted molar refractivity (Wildman–Crippen MR) is 133 cm³/mol. The summed E-state index contributed by atoms with van der Waals surface area (Å²) in [6.07, 6.45) is 23.3. The third-order valence-electron chi connectivity index (χ3n) is 5.50. The lowest BCUT2D eigenvalue weighted by Gasteiger charge is -2.08. The van der Waals surface area contributed by atoms with Crippen molar-refractivity contribution in [1.29, 1.82) is 0 Å². The van der Waals surface area contributed by atoms with E-state index in [9.17, 15) is 8.42 Å². The molecule has 0 saturated carbocycles. The normalized spacial score (nSPS) is 13.1. The van der Waals surface area contributed by atoms with Gasteiger partial charge < -0.3 is 0 Å². The van der Waals surface area contributed by atoms with Crippen molar-refractivity contribution in [2.75, 3.05) is 0 Å². The zero-order valence-corrected chi connectivity index (χ0v) is 20.4. The van der Waals surface area contributed by atoms with E-state index >= 15 is 0 Å². The molecule has 1 aromatic carbocycles. The molecule has 31 heavy (non-hydrogen) atoms. The Kier molecular flexibility index (Phi) is 14.7. The standard InChI is InChI=1S/C27H41NO2S/c1-4-5-6-7-8-9-10-11-12-13-14-15-16-17-18-19-20-27(28-3)31(29,30)26-23-21-25(2)22-24-26/h8-9,11-12,21-24,27H,4-7,10,13-20H2,1-2H3/b9-8-,12-11-. The Hall–Kier alpha value is -1.86. The van der Waals surface area contributed by atoms with Gasteiger partial charge in [-0.1, -0.05) is 87.4 Å². The van der Waals surface area contributed by atoms with Crippen LogP contribution < -0.4 is 0 Å². The second-order valence-corrected chi connectivity index (χ2v) is 10.4. The molecule has 1 unspecified atom stereocenters. The highest BCUT2D eigenvalue weighted by Gasteiger charge is 2.31. The first-order valence-corrected chi connectivity index (χ1v) is 13.5. The van der Waals surface area contributed by atoms with E-state index in [1.54, 1.807) is 24.3 Å². The van der Waals surface area contributed by atoms with Crippen molar-refractivity contribution >= 4 is 9.84 Å². The Morgan fingerprint density at radius 2 is 1.39 bits per heavy atom. The molecular formula is C27H41NO2S. The maximum atomic E-state index is 12.6. The average molecular weight is 444 g/mol. The SMILES string of the molecule is [C-]#[N+]C(CCCCCCCC/C=C\C/C=C\CCCCC)S(=O)(=O)c1ccc(C)cc1. The molecule has 0 fully saturated rings. The summed E-state index contributed by atoms with van der Waals surface area (Å²) in [4.78, 5) is 3.68. The van der Waals surface area contributed by atoms with Crippen molar-refractivity contribution < 1.29 is 8.42 Å². The van der Waals surface area contributed by atoms with E-state index < -0.39 is 15.2 Å². The zero-order valence-electron chi connectivity index (χ0n) is 19.6. The molecule has 1 rings (SSSR count). The topological polar surface area (TPSA) is 38.5 Å². The first kappa shape index (κ1) is 27.2. The number of benzene rings is 1. The largest absolute Gasteiger partial charge is 0.325 e. The molecule has 0 amide bonds. The van der Waals surface area contributed by atoms with Gasteiger partial charge in [0.05, 0.1) is 4.90 Å². The van der Waals surface area contributed by atoms with Gasteiger partial charge in [-0.2, -0.15) is 0 Å². The number of aryl methyl sites for hydroxylation is 1. The summed E-state index contributed by atoms with van der Waals surface area (Å²) in [6.45, 7) is 11.5. The lowest BCUT2D eigenvalue weighted by atomic mass is 10.1. The molecule has 0 aliphatic rings. The van der Waals surface area contributed by atoms with Gasteiger partial charge in [-0.25, -0.2) is 15.0 Å². The molecule has 0 aliphatic carbocycles. The van der Waals surface area contributed by atoms with Crippen molar-refractivity contribution in [1.82, 2.24) is 0 Å². The fourth-order valence-corrected chi connectivity index (χ4v) is 4.93. The minimum absolute atomic E-state index is 0.263. The monoisotopic (exact) mass is 443 g/mol. The number of rotatable bonds is 17. The molecule has 172 valence electrons. The van der Waals surface area contributed by atoms with Gasteiger partial charge in [0.25, 0.3) is 9.84 Å². The van der Waals surface area contributed by atoms with Gasteiger partial charge in [0.15, 0.2) is 0 Å². The van der Waals surface area contributed by atoms with Gasteiger partial charge in [-0.05, 0) is 57.6 Å². The maximum absolute atomic E-state index is 12.6. The second-order valence-electron chi connectivity index (χ2n) is 8.31. The van der Waals surface area contributed by atoms with Gasteiger partial charge in [0, 0.05) is 6.42 Å². The Balaban J connectivity index is 2.10. The Morgan fingerprint density at radius 3 is 1.97 bits per heavy atom. The van der Waals surface area contributed by atoms with Crippen LogP contribution in [0.2, 0.25) is 0 Å². The fourth-order valence-electron chi connectivity index (χ4n) is 3.48. The lowest BCUT2D eigenvalue weighted by Crippen LogP contribution is -2.17. The number of hydrogen-bond donors (Lipinski definition) is 0. The molecule has 1 aromatic rings. The van der Waals surface area contributed by atoms with Crippen molar-refractivity contribution in [3.05, 3.63) is 65.6 Å². The minimum Gasteiger partial charge on any atom is -0.296 e. The van der Waals surface area contributed by atoms with E-state index in [2.05, 4.69) is 36.1 Å². The molecular weight excluding hydrogens is 402 g/mol. The summed E-state index contributed by atoms with van der Waals surface area (Å²) in [5.74, 6) is 0. The van der Waals surface area contributed by atoms with Gasteiger partial charge in [0.1, 0.15) is 0 Å². The Labute approximate surface area is 191 Å². The number of unbranched alkanes of at least 4 members (excludes halogenated alkanes) is 9. The number of sulfone groups is 1. The summed E-state index contributed by atoms with van der Waals surface area (Å²) >= 11 is 0. The predicted octanol–water partition coefficient (Wildman–Crippen LogP) is 8.22. The van der Waals surface area contributed by atoms with E-state index in [1.165, 1.54) is 44.9 Å². The van der Waals surface area contributed by atoms with E-state index in [0.717, 1.165) is 37.7 Å². The lowest BCUT2D eigenvalue weighted by molar-refractivity contribution is 0.560. The van der Waals surface area contributed by atoms with Crippen molar-refractivity contribution in [2.24, 2.45) is 0 Å². The molecule has 1 atom stereocenters. The van der Waals surface area contributed by atoms with Crippen LogP contribution in [-0.4, -0.2) is 13.8 Å². The van der Waals surface area contributed by atoms with Gasteiger partial charge in [-0.15, -0.1) is 0 Å². The van der Waals surface area contributed by atoms with Crippen LogP contribution in [-0.2, 0) is 9.84 Å². The van der Waals surface area contributed by atoms with Gasteiger partial charge in [0.2, 0.25) is 0 Å². The van der Waals surface area contributed by atoms with E-state index in [4.69, 9.17) is 6.57 Å². The van der Waals surface area contributed by atoms with Crippen molar-refractivity contribution in [2.45, 2.75) is 108 Å². The summed E-state index contributed by atoms with van der Waals surface area (Å²) < 4.78 is 25.3. The number of nitrogens with zero attached hydrogens (tertiary/aromatic N) is 1. The quantitative estimate of drug-likeness (QED) is 0.138. The van der Waals surface area contributed by atoms with Crippen LogP contribution in [0.15, 0.2) is 53.5 Å². The van der Waals surface area contributed by atoms with E-state index in [0.29, 0.717) is 6.42 Å². The molecule has 0 spiro atoms. The van der Waals surface area contributed by atoms with Crippen LogP contribution in [0.1, 0.15) is 96.0 Å². The van der Waals surface area contributed by atoms with Crippen LogP contribution in [0, 0.1) is 13.5 Å². The first-order chi connectivity index (χ1) is 15.0. The summed E-state index contributed by atoms with van der Waals surface area (Å²) in [5, 5.41) is -0.957. The third kappa shape index (κ3) is 11.9. The van der Waals surface area contributed by atoms with E-state index in [-0.39, 0.29) is 4.90 Å². The molecule has 4 heteroatoms. The Morgan fingerprint density at radius 1 is 0.839 bits per heavy atom. The summed E-state index contributed by atoms with van der Waals surface area (Å²) in [7, 11) is -3.56. The molecule has 0 bridgehead atoms. The number of hydrogen-bond acceptors (Lipinski definition) is 2. The van der Waals surface area contributed by atoms with Crippen LogP contribution in [0.4, 0.5) is 0 Å². The molecule has 0 radical (unpaired) electrons. The minimum atomic E-state index is -3.56. The van der Waals surface area contributed by atoms with Crippen LogP contribution in [0.5, 0.6) is 0 Å². The molecule has 0 N–H and O–H groups in total. The highest BCUT2D eigenvalue weighted by molar-refractivity contribution is 7.92. The summed E-state index contributed by atoms with van der Waals surface area (Å²) in [6, 6.07) is 6.80. The molecule has 0 aromatic heterocycles. The van der Waals surface area contributed by atoms with E-state index in [1.807, 2.05) is 6.92 Å². The first-order valence-electron chi connectivity index (χ1n) is 12.0.